The number of nitrogen functional groups attached to an aromatic ring is 1. The number of sulfonamides is 1. The van der Waals surface area contributed by atoms with Crippen molar-refractivity contribution >= 4 is 27.3 Å². The van der Waals surface area contributed by atoms with Gasteiger partial charge >= 0.3 is 0 Å². The molecule has 1 aromatic carbocycles. The molecular weight excluding hydrogens is 284 g/mol. The number of nitrogens with two attached hydrogens (primary N) is 1. The van der Waals surface area contributed by atoms with E-state index >= 15 is 0 Å². The maximum absolute atomic E-state index is 12.4. The number of benzene rings is 1. The van der Waals surface area contributed by atoms with Crippen molar-refractivity contribution in [3.05, 3.63) is 22.7 Å². The van der Waals surface area contributed by atoms with E-state index in [0.29, 0.717) is 22.2 Å². The van der Waals surface area contributed by atoms with Crippen molar-refractivity contribution in [3.63, 3.8) is 0 Å². The van der Waals surface area contributed by atoms with Crippen molar-refractivity contribution in [1.29, 1.82) is 0 Å². The molecule has 0 aliphatic heterocycles. The summed E-state index contributed by atoms with van der Waals surface area (Å²) in [5, 5.41) is 0.365. The Hall–Kier alpha value is -0.780. The molecule has 6 heteroatoms. The van der Waals surface area contributed by atoms with Gasteiger partial charge < -0.3 is 5.73 Å². The Labute approximate surface area is 119 Å². The van der Waals surface area contributed by atoms with Crippen molar-refractivity contribution in [2.24, 2.45) is 5.92 Å². The first-order valence-electron chi connectivity index (χ1n) is 6.23. The average molecular weight is 303 g/mol. The minimum atomic E-state index is -3.60. The van der Waals surface area contributed by atoms with E-state index in [2.05, 4.69) is 4.72 Å². The predicted molar refractivity (Wildman–Crippen MR) is 77.7 cm³/mol. The van der Waals surface area contributed by atoms with Gasteiger partial charge in [-0.05, 0) is 57.2 Å². The van der Waals surface area contributed by atoms with Crippen LogP contribution in [0.4, 0.5) is 5.69 Å². The fraction of sp³-hybridized carbons (Fsp3) is 0.538. The molecule has 1 aromatic rings. The van der Waals surface area contributed by atoms with Gasteiger partial charge in [0.1, 0.15) is 0 Å². The molecule has 1 aliphatic rings. The van der Waals surface area contributed by atoms with Gasteiger partial charge in [-0.2, -0.15) is 0 Å². The van der Waals surface area contributed by atoms with Gasteiger partial charge in [0, 0.05) is 16.2 Å². The van der Waals surface area contributed by atoms with Crippen LogP contribution in [0.25, 0.3) is 0 Å². The van der Waals surface area contributed by atoms with Gasteiger partial charge in [0.05, 0.1) is 4.90 Å². The van der Waals surface area contributed by atoms with Crippen LogP contribution in [0.2, 0.25) is 5.02 Å². The van der Waals surface area contributed by atoms with Gasteiger partial charge in [-0.25, -0.2) is 13.1 Å². The average Bonchev–Trinajstić information content (AvgIpc) is 3.07. The lowest BCUT2D eigenvalue weighted by Gasteiger charge is -2.26. The van der Waals surface area contributed by atoms with Crippen LogP contribution in [0.5, 0.6) is 0 Å². The molecule has 0 spiro atoms. The smallest absolute Gasteiger partial charge is 0.241 e. The minimum Gasteiger partial charge on any atom is -0.398 e. The Morgan fingerprint density at radius 1 is 1.37 bits per heavy atom. The van der Waals surface area contributed by atoms with Gasteiger partial charge in [-0.15, -0.1) is 0 Å². The Morgan fingerprint density at radius 3 is 2.42 bits per heavy atom. The molecule has 0 aromatic heterocycles. The van der Waals surface area contributed by atoms with Crippen molar-refractivity contribution in [2.45, 2.75) is 44.0 Å². The fourth-order valence-electron chi connectivity index (χ4n) is 2.12. The summed E-state index contributed by atoms with van der Waals surface area (Å²) < 4.78 is 27.5. The third-order valence-corrected chi connectivity index (χ3v) is 5.71. The monoisotopic (exact) mass is 302 g/mol. The maximum atomic E-state index is 12.4. The standard InChI is InChI=1S/C13H19ClN2O2S/c1-8-11(14)6-10(7-12(8)15)19(17,18)16-13(2,3)9-4-5-9/h6-7,9,16H,4-5,15H2,1-3H3. The van der Waals surface area contributed by atoms with E-state index < -0.39 is 15.6 Å². The summed E-state index contributed by atoms with van der Waals surface area (Å²) in [6.45, 7) is 5.57. The highest BCUT2D eigenvalue weighted by atomic mass is 35.5. The van der Waals surface area contributed by atoms with Crippen LogP contribution in [-0.4, -0.2) is 14.0 Å². The van der Waals surface area contributed by atoms with Gasteiger partial charge in [-0.3, -0.25) is 0 Å². The molecule has 0 saturated heterocycles. The summed E-state index contributed by atoms with van der Waals surface area (Å²) in [4.78, 5) is 0.120. The van der Waals surface area contributed by atoms with Crippen LogP contribution < -0.4 is 10.5 Å². The Bertz CT molecular complexity index is 584. The molecule has 1 aliphatic carbocycles. The zero-order valence-corrected chi connectivity index (χ0v) is 12.9. The first kappa shape index (κ1) is 14.6. The number of halogens is 1. The van der Waals surface area contributed by atoms with Crippen LogP contribution in [-0.2, 0) is 10.0 Å². The van der Waals surface area contributed by atoms with Crippen molar-refractivity contribution in [3.8, 4) is 0 Å². The molecule has 0 amide bonds. The molecule has 0 atom stereocenters. The molecule has 0 bridgehead atoms. The summed E-state index contributed by atoms with van der Waals surface area (Å²) in [7, 11) is -3.60. The molecule has 3 N–H and O–H groups in total. The van der Waals surface area contributed by atoms with Crippen LogP contribution in [0.3, 0.4) is 0 Å². The molecule has 1 fully saturated rings. The van der Waals surface area contributed by atoms with Gasteiger partial charge in [0.2, 0.25) is 10.0 Å². The van der Waals surface area contributed by atoms with E-state index in [-0.39, 0.29) is 4.90 Å². The summed E-state index contributed by atoms with van der Waals surface area (Å²) in [5.41, 5.74) is 6.42. The Balaban J connectivity index is 2.34. The molecule has 106 valence electrons. The van der Waals surface area contributed by atoms with E-state index in [1.165, 1.54) is 12.1 Å². The predicted octanol–water partition coefficient (Wildman–Crippen LogP) is 2.70. The molecule has 2 rings (SSSR count). The quantitative estimate of drug-likeness (QED) is 0.840. The summed E-state index contributed by atoms with van der Waals surface area (Å²) in [5.74, 6) is 0.403. The number of hydrogen-bond acceptors (Lipinski definition) is 3. The van der Waals surface area contributed by atoms with Crippen LogP contribution >= 0.6 is 11.6 Å². The number of rotatable bonds is 4. The highest BCUT2D eigenvalue weighted by Gasteiger charge is 2.40. The third kappa shape index (κ3) is 3.04. The summed E-state index contributed by atoms with van der Waals surface area (Å²) >= 11 is 6.00. The topological polar surface area (TPSA) is 72.2 Å². The fourth-order valence-corrected chi connectivity index (χ4v) is 3.95. The van der Waals surface area contributed by atoms with Gasteiger partial charge in [0.15, 0.2) is 0 Å². The molecule has 0 unspecified atom stereocenters. The molecule has 19 heavy (non-hydrogen) atoms. The molecule has 0 radical (unpaired) electrons. The van der Waals surface area contributed by atoms with Gasteiger partial charge in [-0.1, -0.05) is 11.6 Å². The van der Waals surface area contributed by atoms with E-state index in [1.807, 2.05) is 13.8 Å². The second-order valence-corrected chi connectivity index (χ2v) is 7.81. The maximum Gasteiger partial charge on any atom is 0.241 e. The lowest BCUT2D eigenvalue weighted by atomic mass is 10.0. The van der Waals surface area contributed by atoms with Crippen molar-refractivity contribution in [2.75, 3.05) is 5.73 Å². The highest BCUT2D eigenvalue weighted by Crippen LogP contribution is 2.40. The molecule has 0 heterocycles. The van der Waals surface area contributed by atoms with Crippen molar-refractivity contribution in [1.82, 2.24) is 4.72 Å². The van der Waals surface area contributed by atoms with Crippen LogP contribution in [0, 0.1) is 12.8 Å². The van der Waals surface area contributed by atoms with Crippen molar-refractivity contribution < 1.29 is 8.42 Å². The second kappa shape index (κ2) is 4.65. The number of hydrogen-bond donors (Lipinski definition) is 2. The van der Waals surface area contributed by atoms with Gasteiger partial charge in [0.25, 0.3) is 0 Å². The highest BCUT2D eigenvalue weighted by molar-refractivity contribution is 7.89. The summed E-state index contributed by atoms with van der Waals surface area (Å²) in [6.07, 6.45) is 2.12. The Kier molecular flexibility index (Phi) is 3.58. The lowest BCUT2D eigenvalue weighted by Crippen LogP contribution is -2.45. The first-order chi connectivity index (χ1) is 8.63. The molecular formula is C13H19ClN2O2S. The number of nitrogens with one attached hydrogen (secondary N) is 1. The second-order valence-electron chi connectivity index (χ2n) is 5.72. The van der Waals surface area contributed by atoms with Crippen LogP contribution in [0.1, 0.15) is 32.3 Å². The first-order valence-corrected chi connectivity index (χ1v) is 8.09. The Morgan fingerprint density at radius 2 is 1.95 bits per heavy atom. The number of anilines is 1. The van der Waals surface area contributed by atoms with E-state index in [1.54, 1.807) is 6.92 Å². The van der Waals surface area contributed by atoms with E-state index in [4.69, 9.17) is 17.3 Å². The minimum absolute atomic E-state index is 0.120. The SMILES string of the molecule is Cc1c(N)cc(S(=O)(=O)NC(C)(C)C2CC2)cc1Cl. The van der Waals surface area contributed by atoms with E-state index in [0.717, 1.165) is 12.8 Å². The zero-order chi connectivity index (χ0) is 14.4. The third-order valence-electron chi connectivity index (χ3n) is 3.66. The van der Waals surface area contributed by atoms with E-state index in [9.17, 15) is 8.42 Å². The largest absolute Gasteiger partial charge is 0.398 e. The zero-order valence-electron chi connectivity index (χ0n) is 11.3. The molecule has 1 saturated carbocycles. The van der Waals surface area contributed by atoms with Crippen LogP contribution in [0.15, 0.2) is 17.0 Å². The lowest BCUT2D eigenvalue weighted by molar-refractivity contribution is 0.400. The summed E-state index contributed by atoms with van der Waals surface area (Å²) in [6, 6.07) is 2.89. The normalized spacial score (nSPS) is 16.6. The molecule has 4 nitrogen and oxygen atoms in total.